The van der Waals surface area contributed by atoms with E-state index in [0.29, 0.717) is 0 Å². The van der Waals surface area contributed by atoms with Crippen LogP contribution in [0, 0.1) is 5.92 Å². The third kappa shape index (κ3) is 2.25. The first-order valence-electron chi connectivity index (χ1n) is 4.87. The van der Waals surface area contributed by atoms with E-state index in [2.05, 4.69) is 0 Å². The van der Waals surface area contributed by atoms with Gasteiger partial charge in [0.25, 0.3) is 0 Å². The van der Waals surface area contributed by atoms with Crippen molar-refractivity contribution in [3.05, 3.63) is 20.3 Å². The van der Waals surface area contributed by atoms with Crippen LogP contribution in [0.3, 0.4) is 0 Å². The summed E-state index contributed by atoms with van der Waals surface area (Å²) >= 11 is 13.3. The van der Waals surface area contributed by atoms with Gasteiger partial charge in [0.1, 0.15) is 0 Å². The largest absolute Gasteiger partial charge is 0.324 e. The third-order valence-electron chi connectivity index (χ3n) is 2.89. The van der Waals surface area contributed by atoms with Gasteiger partial charge in [-0.05, 0) is 24.0 Å². The average molecular weight is 250 g/mol. The molecule has 0 amide bonds. The van der Waals surface area contributed by atoms with E-state index >= 15 is 0 Å². The van der Waals surface area contributed by atoms with E-state index in [1.807, 2.05) is 6.07 Å². The molecule has 0 radical (unpaired) electrons. The van der Waals surface area contributed by atoms with E-state index < -0.39 is 0 Å². The lowest BCUT2D eigenvalue weighted by atomic mass is 9.80. The number of hydrogen-bond acceptors (Lipinski definition) is 2. The fourth-order valence-electron chi connectivity index (χ4n) is 1.82. The first-order valence-corrected chi connectivity index (χ1v) is 6.44. The zero-order valence-corrected chi connectivity index (χ0v) is 10.1. The number of hydrogen-bond donors (Lipinski definition) is 1. The molecule has 0 spiro atoms. The van der Waals surface area contributed by atoms with Gasteiger partial charge in [-0.25, -0.2) is 0 Å². The number of nitrogens with two attached hydrogens (primary N) is 1. The zero-order chi connectivity index (χ0) is 10.1. The molecule has 1 aliphatic rings. The summed E-state index contributed by atoms with van der Waals surface area (Å²) in [6, 6.07) is 1.97. The monoisotopic (exact) mass is 249 g/mol. The van der Waals surface area contributed by atoms with E-state index in [9.17, 15) is 0 Å². The van der Waals surface area contributed by atoms with Crippen molar-refractivity contribution in [2.45, 2.75) is 31.7 Å². The predicted molar refractivity (Wildman–Crippen MR) is 63.2 cm³/mol. The Balaban J connectivity index is 2.02. The second kappa shape index (κ2) is 4.40. The Morgan fingerprint density at radius 1 is 1.50 bits per heavy atom. The highest BCUT2D eigenvalue weighted by Gasteiger charge is 2.22. The van der Waals surface area contributed by atoms with Gasteiger partial charge in [0.2, 0.25) is 0 Å². The zero-order valence-electron chi connectivity index (χ0n) is 7.80. The fourth-order valence-corrected chi connectivity index (χ4v) is 3.42. The van der Waals surface area contributed by atoms with Crippen LogP contribution in [-0.2, 0) is 0 Å². The van der Waals surface area contributed by atoms with Crippen LogP contribution in [-0.4, -0.2) is 0 Å². The molecule has 2 N–H and O–H groups in total. The Morgan fingerprint density at radius 3 is 2.64 bits per heavy atom. The quantitative estimate of drug-likeness (QED) is 0.852. The summed E-state index contributed by atoms with van der Waals surface area (Å²) in [5.74, 6) is 0.805. The van der Waals surface area contributed by atoms with Crippen LogP contribution in [0.4, 0.5) is 0 Å². The Morgan fingerprint density at radius 2 is 2.21 bits per heavy atom. The lowest BCUT2D eigenvalue weighted by Gasteiger charge is -2.27. The van der Waals surface area contributed by atoms with Crippen LogP contribution in [0.25, 0.3) is 0 Å². The second-order valence-corrected chi connectivity index (χ2v) is 6.20. The van der Waals surface area contributed by atoms with Crippen molar-refractivity contribution in [3.63, 3.8) is 0 Å². The molecular weight excluding hydrogens is 237 g/mol. The van der Waals surface area contributed by atoms with Crippen molar-refractivity contribution in [2.75, 3.05) is 0 Å². The van der Waals surface area contributed by atoms with Crippen molar-refractivity contribution in [1.29, 1.82) is 0 Å². The molecule has 14 heavy (non-hydrogen) atoms. The predicted octanol–water partition coefficient (Wildman–Crippen LogP) is 4.24. The summed E-state index contributed by atoms with van der Waals surface area (Å²) in [7, 11) is 0. The topological polar surface area (TPSA) is 26.0 Å². The van der Waals surface area contributed by atoms with Gasteiger partial charge in [-0.2, -0.15) is 0 Å². The van der Waals surface area contributed by atoms with Crippen molar-refractivity contribution in [1.82, 2.24) is 0 Å². The van der Waals surface area contributed by atoms with Gasteiger partial charge in [0.05, 0.1) is 8.67 Å². The molecule has 0 bridgehead atoms. The number of halogens is 2. The molecule has 1 atom stereocenters. The first-order chi connectivity index (χ1) is 6.66. The molecule has 4 heteroatoms. The van der Waals surface area contributed by atoms with E-state index in [-0.39, 0.29) is 6.04 Å². The summed E-state index contributed by atoms with van der Waals surface area (Å²) in [5, 5.41) is 0. The standard InChI is InChI=1S/C10H13Cl2NS/c11-9-5-7(10(12)14-9)8(13)4-6-2-1-3-6/h5-6,8H,1-4,13H2. The number of thiophene rings is 1. The van der Waals surface area contributed by atoms with Gasteiger partial charge >= 0.3 is 0 Å². The first kappa shape index (κ1) is 10.7. The Hall–Kier alpha value is 0.240. The molecule has 1 heterocycles. The van der Waals surface area contributed by atoms with Crippen LogP contribution in [0.2, 0.25) is 8.67 Å². The van der Waals surface area contributed by atoms with Crippen LogP contribution >= 0.6 is 34.5 Å². The van der Waals surface area contributed by atoms with Gasteiger partial charge in [-0.1, -0.05) is 42.5 Å². The van der Waals surface area contributed by atoms with Gasteiger partial charge in [-0.3, -0.25) is 0 Å². The van der Waals surface area contributed by atoms with Gasteiger partial charge in [0, 0.05) is 6.04 Å². The maximum Gasteiger partial charge on any atom is 0.0991 e. The number of rotatable bonds is 3. The molecular formula is C10H13Cl2NS. The maximum absolute atomic E-state index is 6.08. The molecule has 0 aliphatic heterocycles. The average Bonchev–Trinajstić information content (AvgIpc) is 2.37. The van der Waals surface area contributed by atoms with Gasteiger partial charge in [0.15, 0.2) is 0 Å². The van der Waals surface area contributed by atoms with E-state index in [1.165, 1.54) is 30.6 Å². The van der Waals surface area contributed by atoms with Gasteiger partial charge in [-0.15, -0.1) is 11.3 Å². The lowest BCUT2D eigenvalue weighted by Crippen LogP contribution is -2.19. The minimum absolute atomic E-state index is 0.0662. The van der Waals surface area contributed by atoms with Crippen LogP contribution < -0.4 is 5.73 Å². The third-order valence-corrected chi connectivity index (χ3v) is 4.41. The summed E-state index contributed by atoms with van der Waals surface area (Å²) in [4.78, 5) is 0. The minimum atomic E-state index is 0.0662. The molecule has 78 valence electrons. The van der Waals surface area contributed by atoms with E-state index in [1.54, 1.807) is 0 Å². The smallest absolute Gasteiger partial charge is 0.0991 e. The molecule has 1 unspecified atom stereocenters. The molecule has 1 aromatic rings. The summed E-state index contributed by atoms with van der Waals surface area (Å²) in [6.45, 7) is 0. The van der Waals surface area contributed by atoms with Crippen molar-refractivity contribution in [2.24, 2.45) is 11.7 Å². The van der Waals surface area contributed by atoms with Crippen molar-refractivity contribution >= 4 is 34.5 Å². The van der Waals surface area contributed by atoms with Crippen LogP contribution in [0.1, 0.15) is 37.3 Å². The van der Waals surface area contributed by atoms with E-state index in [0.717, 1.165) is 26.6 Å². The summed E-state index contributed by atoms with van der Waals surface area (Å²) < 4.78 is 1.48. The normalized spacial score (nSPS) is 19.4. The Bertz CT molecular complexity index is 320. The van der Waals surface area contributed by atoms with Crippen molar-refractivity contribution < 1.29 is 0 Å². The minimum Gasteiger partial charge on any atom is -0.324 e. The molecule has 0 aromatic carbocycles. The molecule has 1 aromatic heterocycles. The van der Waals surface area contributed by atoms with Gasteiger partial charge < -0.3 is 5.73 Å². The molecule has 2 rings (SSSR count). The van der Waals surface area contributed by atoms with Crippen LogP contribution in [0.15, 0.2) is 6.07 Å². The SMILES string of the molecule is NC(CC1CCC1)c1cc(Cl)sc1Cl. The molecule has 0 saturated heterocycles. The Kier molecular flexibility index (Phi) is 3.38. The lowest BCUT2D eigenvalue weighted by molar-refractivity contribution is 0.277. The maximum atomic E-state index is 6.08. The highest BCUT2D eigenvalue weighted by atomic mass is 35.5. The van der Waals surface area contributed by atoms with Crippen LogP contribution in [0.5, 0.6) is 0 Å². The molecule has 1 aliphatic carbocycles. The highest BCUT2D eigenvalue weighted by Crippen LogP contribution is 2.39. The molecule has 1 saturated carbocycles. The van der Waals surface area contributed by atoms with E-state index in [4.69, 9.17) is 28.9 Å². The molecule has 1 nitrogen and oxygen atoms in total. The van der Waals surface area contributed by atoms with Crippen molar-refractivity contribution in [3.8, 4) is 0 Å². The highest BCUT2D eigenvalue weighted by molar-refractivity contribution is 7.20. The Labute approximate surface area is 98.2 Å². The second-order valence-electron chi connectivity index (χ2n) is 3.92. The summed E-state index contributed by atoms with van der Waals surface area (Å²) in [6.07, 6.45) is 5.05. The fraction of sp³-hybridized carbons (Fsp3) is 0.600. The summed E-state index contributed by atoms with van der Waals surface area (Å²) in [5.41, 5.74) is 7.10. The molecule has 1 fully saturated rings.